The first-order valence-electron chi connectivity index (χ1n) is 9.51. The summed E-state index contributed by atoms with van der Waals surface area (Å²) in [6.45, 7) is 3.98. The van der Waals surface area contributed by atoms with Crippen LogP contribution in [0.15, 0.2) is 54.6 Å². The summed E-state index contributed by atoms with van der Waals surface area (Å²) in [6.07, 6.45) is 3.55. The smallest absolute Gasteiger partial charge is 0.226 e. The van der Waals surface area contributed by atoms with Crippen molar-refractivity contribution in [1.82, 2.24) is 5.32 Å². The molecule has 26 heavy (non-hydrogen) atoms. The summed E-state index contributed by atoms with van der Waals surface area (Å²) < 4.78 is 0. The van der Waals surface area contributed by atoms with Crippen molar-refractivity contribution in [2.24, 2.45) is 5.92 Å². The van der Waals surface area contributed by atoms with Gasteiger partial charge < -0.3 is 10.2 Å². The van der Waals surface area contributed by atoms with E-state index in [1.165, 1.54) is 5.56 Å². The minimum atomic E-state index is 0.160. The largest absolute Gasteiger partial charge is 0.317 e. The predicted octanol–water partition coefficient (Wildman–Crippen LogP) is 4.69. The van der Waals surface area contributed by atoms with Gasteiger partial charge in [-0.1, -0.05) is 48.9 Å². The van der Waals surface area contributed by atoms with Crippen molar-refractivity contribution in [2.45, 2.75) is 38.6 Å². The molecule has 138 valence electrons. The van der Waals surface area contributed by atoms with E-state index < -0.39 is 0 Å². The molecular formula is C22H27ClN2O. The molecule has 1 unspecified atom stereocenters. The molecule has 1 heterocycles. The average molecular weight is 371 g/mol. The Morgan fingerprint density at radius 1 is 1.12 bits per heavy atom. The Labute approximate surface area is 161 Å². The van der Waals surface area contributed by atoms with Crippen molar-refractivity contribution in [3.8, 4) is 0 Å². The molecule has 0 aromatic heterocycles. The minimum Gasteiger partial charge on any atom is -0.317 e. The van der Waals surface area contributed by atoms with Gasteiger partial charge in [0.2, 0.25) is 5.91 Å². The van der Waals surface area contributed by atoms with E-state index in [4.69, 9.17) is 11.6 Å². The maximum absolute atomic E-state index is 12.9. The number of hydrogen-bond acceptors (Lipinski definition) is 2. The first-order valence-corrected chi connectivity index (χ1v) is 9.89. The molecule has 1 aliphatic heterocycles. The molecule has 1 N–H and O–H groups in total. The van der Waals surface area contributed by atoms with Crippen molar-refractivity contribution in [1.29, 1.82) is 0 Å². The third-order valence-corrected chi connectivity index (χ3v) is 5.48. The van der Waals surface area contributed by atoms with Gasteiger partial charge in [0.25, 0.3) is 0 Å². The van der Waals surface area contributed by atoms with Gasteiger partial charge in [-0.05, 0) is 68.1 Å². The molecule has 0 spiro atoms. The zero-order valence-electron chi connectivity index (χ0n) is 15.3. The van der Waals surface area contributed by atoms with Crippen LogP contribution in [-0.4, -0.2) is 25.0 Å². The topological polar surface area (TPSA) is 32.3 Å². The molecule has 0 aliphatic carbocycles. The zero-order valence-corrected chi connectivity index (χ0v) is 16.1. The van der Waals surface area contributed by atoms with Crippen LogP contribution in [0.25, 0.3) is 0 Å². The lowest BCUT2D eigenvalue weighted by molar-refractivity contribution is -0.119. The molecule has 0 bridgehead atoms. The molecule has 3 rings (SSSR count). The van der Waals surface area contributed by atoms with Crippen molar-refractivity contribution in [3.63, 3.8) is 0 Å². The number of benzene rings is 2. The van der Waals surface area contributed by atoms with Crippen LogP contribution in [0, 0.1) is 5.92 Å². The summed E-state index contributed by atoms with van der Waals surface area (Å²) >= 11 is 6.06. The summed E-state index contributed by atoms with van der Waals surface area (Å²) in [5.74, 6) is 0.677. The Kier molecular flexibility index (Phi) is 6.70. The normalized spacial score (nSPS) is 16.2. The quantitative estimate of drug-likeness (QED) is 0.799. The second-order valence-corrected chi connectivity index (χ2v) is 7.37. The Balaban J connectivity index is 1.95. The lowest BCUT2D eigenvalue weighted by Crippen LogP contribution is -2.48. The number of hydrogen-bond donors (Lipinski definition) is 1. The highest BCUT2D eigenvalue weighted by Crippen LogP contribution is 2.29. The standard InChI is InChI=1S/C22H27ClN2O/c1-2-22(26)25(20-6-4-3-5-7-20)21(18-12-14-24-15-13-18)16-17-8-10-19(23)11-9-17/h3-11,18,21,24H,2,12-16H2,1H3. The van der Waals surface area contributed by atoms with Gasteiger partial charge in [0, 0.05) is 23.2 Å². The van der Waals surface area contributed by atoms with E-state index in [2.05, 4.69) is 17.4 Å². The van der Waals surface area contributed by atoms with E-state index in [0.717, 1.165) is 43.1 Å². The van der Waals surface area contributed by atoms with Gasteiger partial charge in [-0.25, -0.2) is 0 Å². The van der Waals surface area contributed by atoms with Crippen LogP contribution in [-0.2, 0) is 11.2 Å². The summed E-state index contributed by atoms with van der Waals surface area (Å²) in [5.41, 5.74) is 2.22. The summed E-state index contributed by atoms with van der Waals surface area (Å²) in [4.78, 5) is 15.0. The first-order chi connectivity index (χ1) is 12.7. The van der Waals surface area contributed by atoms with Crippen molar-refractivity contribution in [2.75, 3.05) is 18.0 Å². The Morgan fingerprint density at radius 2 is 1.77 bits per heavy atom. The molecule has 1 amide bonds. The highest BCUT2D eigenvalue weighted by Gasteiger charge is 2.32. The molecule has 0 radical (unpaired) electrons. The fourth-order valence-corrected chi connectivity index (χ4v) is 3.97. The van der Waals surface area contributed by atoms with Crippen LogP contribution in [0.3, 0.4) is 0 Å². The molecule has 2 aromatic rings. The molecule has 3 nitrogen and oxygen atoms in total. The summed E-state index contributed by atoms with van der Waals surface area (Å²) in [7, 11) is 0. The Bertz CT molecular complexity index is 696. The number of nitrogens with one attached hydrogen (secondary N) is 1. The van der Waals surface area contributed by atoms with Gasteiger partial charge in [0.1, 0.15) is 0 Å². The molecule has 0 saturated carbocycles. The maximum Gasteiger partial charge on any atom is 0.226 e. The summed E-state index contributed by atoms with van der Waals surface area (Å²) in [5, 5.41) is 4.19. The lowest BCUT2D eigenvalue weighted by Gasteiger charge is -2.39. The zero-order chi connectivity index (χ0) is 18.4. The SMILES string of the molecule is CCC(=O)N(c1ccccc1)C(Cc1ccc(Cl)cc1)C1CCNCC1. The van der Waals surface area contributed by atoms with Crippen LogP contribution in [0.2, 0.25) is 5.02 Å². The second-order valence-electron chi connectivity index (χ2n) is 6.94. The van der Waals surface area contributed by atoms with Crippen molar-refractivity contribution in [3.05, 3.63) is 65.2 Å². The Hall–Kier alpha value is -1.84. The second kappa shape index (κ2) is 9.20. The fraction of sp³-hybridized carbons (Fsp3) is 0.409. The molecule has 1 saturated heterocycles. The van der Waals surface area contributed by atoms with Crippen molar-refractivity contribution < 1.29 is 4.79 Å². The van der Waals surface area contributed by atoms with Crippen LogP contribution in [0.4, 0.5) is 5.69 Å². The molecule has 1 aliphatic rings. The first kappa shape index (κ1) is 18.9. The Morgan fingerprint density at radius 3 is 2.38 bits per heavy atom. The number of halogens is 1. The van der Waals surface area contributed by atoms with E-state index >= 15 is 0 Å². The third kappa shape index (κ3) is 4.66. The van der Waals surface area contributed by atoms with Gasteiger partial charge in [-0.2, -0.15) is 0 Å². The summed E-state index contributed by atoms with van der Waals surface area (Å²) in [6, 6.07) is 18.3. The van der Waals surface area contributed by atoms with Crippen molar-refractivity contribution >= 4 is 23.2 Å². The average Bonchev–Trinajstić information content (AvgIpc) is 2.70. The van der Waals surface area contributed by atoms with Crippen LogP contribution >= 0.6 is 11.6 Å². The lowest BCUT2D eigenvalue weighted by atomic mass is 9.85. The van der Waals surface area contributed by atoms with Crippen LogP contribution < -0.4 is 10.2 Å². The monoisotopic (exact) mass is 370 g/mol. The third-order valence-electron chi connectivity index (χ3n) is 5.22. The molecule has 1 atom stereocenters. The number of carbonyl (C=O) groups excluding carboxylic acids is 1. The fourth-order valence-electron chi connectivity index (χ4n) is 3.84. The molecular weight excluding hydrogens is 344 g/mol. The van der Waals surface area contributed by atoms with Gasteiger partial charge in [-0.3, -0.25) is 4.79 Å². The molecule has 2 aromatic carbocycles. The van der Waals surface area contributed by atoms with E-state index in [-0.39, 0.29) is 11.9 Å². The van der Waals surface area contributed by atoms with E-state index in [9.17, 15) is 4.79 Å². The van der Waals surface area contributed by atoms with Gasteiger partial charge in [-0.15, -0.1) is 0 Å². The molecule has 1 fully saturated rings. The molecule has 4 heteroatoms. The number of rotatable bonds is 6. The van der Waals surface area contributed by atoms with Gasteiger partial charge in [0.15, 0.2) is 0 Å². The number of para-hydroxylation sites is 1. The highest BCUT2D eigenvalue weighted by molar-refractivity contribution is 6.30. The maximum atomic E-state index is 12.9. The van der Waals surface area contributed by atoms with Crippen LogP contribution in [0.1, 0.15) is 31.7 Å². The predicted molar refractivity (Wildman–Crippen MR) is 109 cm³/mol. The van der Waals surface area contributed by atoms with E-state index in [1.54, 1.807) is 0 Å². The van der Waals surface area contributed by atoms with Gasteiger partial charge >= 0.3 is 0 Å². The minimum absolute atomic E-state index is 0.160. The number of piperidine rings is 1. The number of anilines is 1. The van der Waals surface area contributed by atoms with E-state index in [1.807, 2.05) is 54.3 Å². The van der Waals surface area contributed by atoms with E-state index in [0.29, 0.717) is 12.3 Å². The van der Waals surface area contributed by atoms with Crippen LogP contribution in [0.5, 0.6) is 0 Å². The number of nitrogens with zero attached hydrogens (tertiary/aromatic N) is 1. The number of amides is 1. The van der Waals surface area contributed by atoms with Gasteiger partial charge in [0.05, 0.1) is 0 Å². The highest BCUT2D eigenvalue weighted by atomic mass is 35.5. The number of carbonyl (C=O) groups is 1.